The highest BCUT2D eigenvalue weighted by atomic mass is 35.5. The van der Waals surface area contributed by atoms with E-state index in [-0.39, 0.29) is 12.4 Å². The van der Waals surface area contributed by atoms with Crippen LogP contribution in [0.5, 0.6) is 0 Å². The van der Waals surface area contributed by atoms with Gasteiger partial charge in [0.1, 0.15) is 0 Å². The molecule has 1 aromatic rings. The van der Waals surface area contributed by atoms with Crippen LogP contribution >= 0.6 is 12.4 Å². The molecule has 0 amide bonds. The Morgan fingerprint density at radius 2 is 2.45 bits per heavy atom. The van der Waals surface area contributed by atoms with E-state index in [1.807, 2.05) is 6.92 Å². The fourth-order valence-electron chi connectivity index (χ4n) is 0.647. The molecule has 0 aliphatic rings. The molecule has 62 valence electrons. The van der Waals surface area contributed by atoms with E-state index in [2.05, 4.69) is 5.10 Å². The lowest BCUT2D eigenvalue weighted by Gasteiger charge is -1.86. The average molecular weight is 177 g/mol. The first-order valence-corrected chi connectivity index (χ1v) is 3.01. The van der Waals surface area contributed by atoms with Crippen LogP contribution in [0.2, 0.25) is 0 Å². The second-order valence-corrected chi connectivity index (χ2v) is 1.93. The fraction of sp³-hybridized carbons (Fsp3) is 0.333. The van der Waals surface area contributed by atoms with Crippen LogP contribution in [0, 0.1) is 0 Å². The molecule has 0 fully saturated rings. The molecule has 0 spiro atoms. The maximum absolute atomic E-state index is 10.2. The Hall–Kier alpha value is -1.03. The molecule has 0 aliphatic carbocycles. The highest BCUT2D eigenvalue weighted by molar-refractivity contribution is 5.85. The van der Waals surface area contributed by atoms with Crippen LogP contribution in [0.25, 0.3) is 0 Å². The van der Waals surface area contributed by atoms with E-state index in [9.17, 15) is 4.79 Å². The zero-order chi connectivity index (χ0) is 7.56. The van der Waals surface area contributed by atoms with E-state index in [4.69, 9.17) is 5.11 Å². The minimum atomic E-state index is -1.04. The van der Waals surface area contributed by atoms with E-state index in [1.165, 1.54) is 6.20 Å². The van der Waals surface area contributed by atoms with Crippen LogP contribution < -0.4 is 0 Å². The van der Waals surface area contributed by atoms with Gasteiger partial charge in [0, 0.05) is 6.20 Å². The quantitative estimate of drug-likeness (QED) is 0.704. The third kappa shape index (κ3) is 2.23. The van der Waals surface area contributed by atoms with Gasteiger partial charge in [0.05, 0.1) is 6.20 Å². The van der Waals surface area contributed by atoms with Crippen molar-refractivity contribution in [3.8, 4) is 0 Å². The number of aryl methyl sites for hydroxylation is 1. The number of hydrogen-bond donors (Lipinski definition) is 1. The first-order valence-electron chi connectivity index (χ1n) is 3.01. The summed E-state index contributed by atoms with van der Waals surface area (Å²) in [6, 6.07) is 0. The van der Waals surface area contributed by atoms with Crippen molar-refractivity contribution in [3.05, 3.63) is 18.0 Å². The molecule has 5 heteroatoms. The van der Waals surface area contributed by atoms with Crippen LogP contribution in [0.3, 0.4) is 0 Å². The van der Waals surface area contributed by atoms with Gasteiger partial charge in [0.25, 0.3) is 0 Å². The number of nitrogens with zero attached hydrogens (tertiary/aromatic N) is 2. The van der Waals surface area contributed by atoms with Gasteiger partial charge < -0.3 is 5.11 Å². The Balaban J connectivity index is 0.000001000. The molecule has 1 N–H and O–H groups in total. The molecule has 0 saturated carbocycles. The standard InChI is InChI=1S/C6H8N2O2.ClH/c1-2-5-3-7-8(4-5)6(9)10;/h3-4H,2H2,1H3,(H,9,10);1H. The van der Waals surface area contributed by atoms with Crippen molar-refractivity contribution >= 4 is 18.5 Å². The second-order valence-electron chi connectivity index (χ2n) is 1.93. The fourth-order valence-corrected chi connectivity index (χ4v) is 0.647. The van der Waals surface area contributed by atoms with Gasteiger partial charge in [-0.15, -0.1) is 12.4 Å². The van der Waals surface area contributed by atoms with Gasteiger partial charge in [-0.1, -0.05) is 6.92 Å². The number of carboxylic acid groups (broad SMARTS) is 1. The van der Waals surface area contributed by atoms with Gasteiger partial charge in [0.2, 0.25) is 0 Å². The first kappa shape index (κ1) is 9.97. The Labute approximate surface area is 70.2 Å². The molecule has 0 aromatic carbocycles. The summed E-state index contributed by atoms with van der Waals surface area (Å²) in [6.07, 6.45) is 2.82. The molecule has 0 bridgehead atoms. The minimum Gasteiger partial charge on any atom is -0.463 e. The van der Waals surface area contributed by atoms with Crippen LogP contribution in [0.15, 0.2) is 12.4 Å². The van der Waals surface area contributed by atoms with E-state index >= 15 is 0 Å². The molecule has 11 heavy (non-hydrogen) atoms. The average Bonchev–Trinajstić information content (AvgIpc) is 2.34. The van der Waals surface area contributed by atoms with Crippen molar-refractivity contribution in [1.82, 2.24) is 9.78 Å². The lowest BCUT2D eigenvalue weighted by Crippen LogP contribution is -2.07. The third-order valence-corrected chi connectivity index (χ3v) is 1.24. The molecule has 0 radical (unpaired) electrons. The molecule has 1 rings (SSSR count). The molecule has 0 unspecified atom stereocenters. The van der Waals surface area contributed by atoms with Crippen LogP contribution in [-0.4, -0.2) is 21.0 Å². The minimum absolute atomic E-state index is 0. The predicted octanol–water partition coefficient (Wildman–Crippen LogP) is 1.39. The predicted molar refractivity (Wildman–Crippen MR) is 42.3 cm³/mol. The van der Waals surface area contributed by atoms with E-state index in [1.54, 1.807) is 6.20 Å². The zero-order valence-corrected chi connectivity index (χ0v) is 6.84. The van der Waals surface area contributed by atoms with Gasteiger partial charge in [-0.05, 0) is 12.0 Å². The van der Waals surface area contributed by atoms with Crippen molar-refractivity contribution in [2.75, 3.05) is 0 Å². The summed E-state index contributed by atoms with van der Waals surface area (Å²) in [6.45, 7) is 1.95. The van der Waals surface area contributed by atoms with Crippen LogP contribution in [0.4, 0.5) is 4.79 Å². The number of aromatic nitrogens is 2. The van der Waals surface area contributed by atoms with E-state index < -0.39 is 6.09 Å². The van der Waals surface area contributed by atoms with Crippen molar-refractivity contribution in [2.24, 2.45) is 0 Å². The molecule has 1 heterocycles. The highest BCUT2D eigenvalue weighted by Gasteiger charge is 2.00. The summed E-state index contributed by atoms with van der Waals surface area (Å²) in [4.78, 5) is 10.2. The summed E-state index contributed by atoms with van der Waals surface area (Å²) in [5.74, 6) is 0. The van der Waals surface area contributed by atoms with Gasteiger partial charge in [-0.3, -0.25) is 0 Å². The summed E-state index contributed by atoms with van der Waals surface area (Å²) < 4.78 is 0.902. The molecular weight excluding hydrogens is 168 g/mol. The van der Waals surface area contributed by atoms with Crippen LogP contribution in [0.1, 0.15) is 12.5 Å². The lowest BCUT2D eigenvalue weighted by molar-refractivity contribution is 0.192. The molecule has 4 nitrogen and oxygen atoms in total. The topological polar surface area (TPSA) is 55.1 Å². The number of carbonyl (C=O) groups is 1. The molecule has 0 aliphatic heterocycles. The molecule has 1 aromatic heterocycles. The Kier molecular flexibility index (Phi) is 3.60. The Morgan fingerprint density at radius 3 is 2.73 bits per heavy atom. The number of hydrogen-bond acceptors (Lipinski definition) is 2. The summed E-state index contributed by atoms with van der Waals surface area (Å²) >= 11 is 0. The molecule has 0 atom stereocenters. The van der Waals surface area contributed by atoms with E-state index in [0.717, 1.165) is 16.7 Å². The largest absolute Gasteiger partial charge is 0.463 e. The van der Waals surface area contributed by atoms with Gasteiger partial charge >= 0.3 is 6.09 Å². The summed E-state index contributed by atoms with van der Waals surface area (Å²) in [5.41, 5.74) is 0.933. The molecule has 0 saturated heterocycles. The monoisotopic (exact) mass is 176 g/mol. The Morgan fingerprint density at radius 1 is 1.82 bits per heavy atom. The van der Waals surface area contributed by atoms with Crippen LogP contribution in [-0.2, 0) is 6.42 Å². The maximum Gasteiger partial charge on any atom is 0.432 e. The van der Waals surface area contributed by atoms with Crippen molar-refractivity contribution in [1.29, 1.82) is 0 Å². The number of rotatable bonds is 1. The second kappa shape index (κ2) is 3.98. The van der Waals surface area contributed by atoms with E-state index in [0.29, 0.717) is 0 Å². The van der Waals surface area contributed by atoms with Crippen molar-refractivity contribution < 1.29 is 9.90 Å². The van der Waals surface area contributed by atoms with Gasteiger partial charge in [-0.2, -0.15) is 9.78 Å². The highest BCUT2D eigenvalue weighted by Crippen LogP contribution is 1.96. The van der Waals surface area contributed by atoms with Gasteiger partial charge in [0.15, 0.2) is 0 Å². The third-order valence-electron chi connectivity index (χ3n) is 1.24. The van der Waals surface area contributed by atoms with Crippen molar-refractivity contribution in [2.45, 2.75) is 13.3 Å². The zero-order valence-electron chi connectivity index (χ0n) is 6.02. The SMILES string of the molecule is CCc1cnn(C(=O)O)c1.Cl. The first-order chi connectivity index (χ1) is 4.74. The molecular formula is C6H9ClN2O2. The van der Waals surface area contributed by atoms with Gasteiger partial charge in [-0.25, -0.2) is 4.79 Å². The van der Waals surface area contributed by atoms with Crippen molar-refractivity contribution in [3.63, 3.8) is 0 Å². The lowest BCUT2D eigenvalue weighted by atomic mass is 10.3. The maximum atomic E-state index is 10.2. The summed E-state index contributed by atoms with van der Waals surface area (Å²) in [7, 11) is 0. The number of halogens is 1. The Bertz CT molecular complexity index is 246. The smallest absolute Gasteiger partial charge is 0.432 e. The summed E-state index contributed by atoms with van der Waals surface area (Å²) in [5, 5.41) is 12.0. The normalized spacial score (nSPS) is 8.82.